The van der Waals surface area contributed by atoms with E-state index in [1.165, 1.54) is 257 Å². The molecule has 0 aromatic heterocycles. The van der Waals surface area contributed by atoms with Crippen LogP contribution in [0.2, 0.25) is 0 Å². The van der Waals surface area contributed by atoms with Crippen molar-refractivity contribution in [2.75, 3.05) is 39.6 Å². The number of aliphatic hydroxyl groups is 1. The van der Waals surface area contributed by atoms with Crippen molar-refractivity contribution >= 4 is 39.5 Å². The van der Waals surface area contributed by atoms with Gasteiger partial charge in [-0.1, -0.05) is 402 Å². The summed E-state index contributed by atoms with van der Waals surface area (Å²) in [6.07, 6.45) is 66.7. The minimum Gasteiger partial charge on any atom is -0.462 e. The summed E-state index contributed by atoms with van der Waals surface area (Å²) in [4.78, 5) is 73.2. The van der Waals surface area contributed by atoms with Crippen molar-refractivity contribution < 1.29 is 80.2 Å². The van der Waals surface area contributed by atoms with Gasteiger partial charge in [-0.3, -0.25) is 37.3 Å². The predicted molar refractivity (Wildman–Crippen MR) is 432 cm³/mol. The molecular formula is C86H168O17P2. The van der Waals surface area contributed by atoms with Gasteiger partial charge in [0.15, 0.2) is 12.2 Å². The largest absolute Gasteiger partial charge is 0.472 e. The molecule has 0 bridgehead atoms. The molecule has 0 aliphatic carbocycles. The van der Waals surface area contributed by atoms with E-state index in [2.05, 4.69) is 48.5 Å². The van der Waals surface area contributed by atoms with Crippen LogP contribution in [0, 0.1) is 17.8 Å². The molecule has 624 valence electrons. The third-order valence-electron chi connectivity index (χ3n) is 20.9. The number of carbonyl (C=O) groups excluding carboxylic acids is 4. The van der Waals surface area contributed by atoms with Crippen LogP contribution in [0.1, 0.15) is 453 Å². The molecule has 0 radical (unpaired) electrons. The maximum atomic E-state index is 13.1. The van der Waals surface area contributed by atoms with Crippen molar-refractivity contribution in [1.82, 2.24) is 0 Å². The summed E-state index contributed by atoms with van der Waals surface area (Å²) in [5.41, 5.74) is 0. The second-order valence-electron chi connectivity index (χ2n) is 31.9. The number of unbranched alkanes of at least 4 members (excludes halogenated alkanes) is 50. The van der Waals surface area contributed by atoms with Crippen molar-refractivity contribution in [1.29, 1.82) is 0 Å². The number of rotatable bonds is 84. The Labute approximate surface area is 645 Å². The smallest absolute Gasteiger partial charge is 0.462 e. The van der Waals surface area contributed by atoms with E-state index in [9.17, 15) is 43.2 Å². The summed E-state index contributed by atoms with van der Waals surface area (Å²) >= 11 is 0. The van der Waals surface area contributed by atoms with Crippen molar-refractivity contribution in [2.24, 2.45) is 17.8 Å². The highest BCUT2D eigenvalue weighted by Gasteiger charge is 2.30. The monoisotopic (exact) mass is 1540 g/mol. The van der Waals surface area contributed by atoms with E-state index in [4.69, 9.17) is 37.0 Å². The number of esters is 4. The fourth-order valence-electron chi connectivity index (χ4n) is 13.3. The third-order valence-corrected chi connectivity index (χ3v) is 22.8. The normalized spacial score (nSPS) is 14.4. The molecule has 0 fully saturated rings. The van der Waals surface area contributed by atoms with E-state index in [-0.39, 0.29) is 25.7 Å². The van der Waals surface area contributed by atoms with Crippen LogP contribution in [0.15, 0.2) is 0 Å². The Bertz CT molecular complexity index is 2030. The first-order chi connectivity index (χ1) is 50.8. The van der Waals surface area contributed by atoms with E-state index in [0.717, 1.165) is 114 Å². The Hall–Kier alpha value is -1.94. The number of ether oxygens (including phenoxy) is 4. The van der Waals surface area contributed by atoms with Gasteiger partial charge in [0.1, 0.15) is 19.3 Å². The topological polar surface area (TPSA) is 237 Å². The molecule has 4 unspecified atom stereocenters. The van der Waals surface area contributed by atoms with E-state index in [1.54, 1.807) is 0 Å². The van der Waals surface area contributed by atoms with Gasteiger partial charge in [0, 0.05) is 25.7 Å². The Morgan fingerprint density at radius 1 is 0.276 bits per heavy atom. The van der Waals surface area contributed by atoms with Gasteiger partial charge in [0.2, 0.25) is 0 Å². The second-order valence-corrected chi connectivity index (χ2v) is 34.8. The van der Waals surface area contributed by atoms with Crippen molar-refractivity contribution in [3.05, 3.63) is 0 Å². The number of phosphoric acid groups is 2. The molecule has 0 aromatic carbocycles. The maximum absolute atomic E-state index is 13.1. The molecule has 0 aliphatic heterocycles. The minimum atomic E-state index is -4.97. The van der Waals surface area contributed by atoms with Crippen LogP contribution in [0.25, 0.3) is 0 Å². The zero-order chi connectivity index (χ0) is 77.2. The molecule has 105 heavy (non-hydrogen) atoms. The van der Waals surface area contributed by atoms with Gasteiger partial charge in [-0.2, -0.15) is 0 Å². The fourth-order valence-corrected chi connectivity index (χ4v) is 14.9. The molecule has 0 rings (SSSR count). The molecule has 0 saturated heterocycles. The van der Waals surface area contributed by atoms with Crippen molar-refractivity contribution in [3.63, 3.8) is 0 Å². The van der Waals surface area contributed by atoms with Gasteiger partial charge < -0.3 is 33.8 Å². The van der Waals surface area contributed by atoms with Gasteiger partial charge in [-0.05, 0) is 43.4 Å². The molecule has 0 amide bonds. The molecule has 0 heterocycles. The van der Waals surface area contributed by atoms with Crippen LogP contribution in [-0.2, 0) is 65.4 Å². The zero-order valence-corrected chi connectivity index (χ0v) is 71.0. The Kier molecular flexibility index (Phi) is 74.7. The van der Waals surface area contributed by atoms with Gasteiger partial charge in [-0.25, -0.2) is 9.13 Å². The van der Waals surface area contributed by atoms with Crippen LogP contribution >= 0.6 is 15.6 Å². The lowest BCUT2D eigenvalue weighted by Gasteiger charge is -2.21. The number of carbonyl (C=O) groups is 4. The second kappa shape index (κ2) is 76.1. The van der Waals surface area contributed by atoms with E-state index in [0.29, 0.717) is 25.7 Å². The average Bonchev–Trinajstić information content (AvgIpc) is 0.914. The Balaban J connectivity index is 5.23. The summed E-state index contributed by atoms with van der Waals surface area (Å²) in [7, 11) is -9.93. The number of hydrogen-bond donors (Lipinski definition) is 3. The predicted octanol–water partition coefficient (Wildman–Crippen LogP) is 26.1. The van der Waals surface area contributed by atoms with Gasteiger partial charge in [0.05, 0.1) is 26.4 Å². The minimum absolute atomic E-state index is 0.106. The number of phosphoric ester groups is 2. The lowest BCUT2D eigenvalue weighted by atomic mass is 9.99. The van der Waals surface area contributed by atoms with E-state index >= 15 is 0 Å². The Morgan fingerprint density at radius 3 is 0.724 bits per heavy atom. The standard InChI is InChI=1S/C86H168O17P2/c1-8-11-12-13-14-15-16-17-18-21-25-30-35-40-45-53-60-67-83(88)96-73-81(102-85(90)69-62-55-46-41-36-31-26-23-20-19-22-24-29-34-39-44-51-58-65-78(6)9-2)75-100-104(92,93)98-71-80(87)72-99-105(94,95)101-76-82(74-97-84(89)68-61-54-49-48-52-59-66-79(7)10-3)103-86(91)70-63-56-47-42-37-32-27-28-33-38-43-50-57-64-77(4)5/h77-82,87H,8-76H2,1-7H3,(H,92,93)(H,94,95)/t78?,79?,80-,81-,82-/m1/s1. The van der Waals surface area contributed by atoms with Crippen LogP contribution < -0.4 is 0 Å². The van der Waals surface area contributed by atoms with Crippen molar-refractivity contribution in [2.45, 2.75) is 471 Å². The summed E-state index contributed by atoms with van der Waals surface area (Å²) in [5, 5.41) is 10.7. The Morgan fingerprint density at radius 2 is 0.486 bits per heavy atom. The zero-order valence-electron chi connectivity index (χ0n) is 69.2. The summed E-state index contributed by atoms with van der Waals surface area (Å²) in [5.74, 6) is 0.283. The quantitative estimate of drug-likeness (QED) is 0.0222. The highest BCUT2D eigenvalue weighted by molar-refractivity contribution is 7.47. The summed E-state index contributed by atoms with van der Waals surface area (Å²) < 4.78 is 68.9. The average molecular weight is 1540 g/mol. The van der Waals surface area contributed by atoms with Gasteiger partial charge in [0.25, 0.3) is 0 Å². The SMILES string of the molecule is CCCCCCCCCCCCCCCCCCCC(=O)OC[C@H](COP(=O)(O)OC[C@@H](O)COP(=O)(O)OC[C@@H](COC(=O)CCCCCCCCC(C)CC)OC(=O)CCCCCCCCCCCCCCCC(C)C)OC(=O)CCCCCCCCCCCCCCCCCCCCC(C)CC. The maximum Gasteiger partial charge on any atom is 0.472 e. The third kappa shape index (κ3) is 77.2. The lowest BCUT2D eigenvalue weighted by Crippen LogP contribution is -2.30. The fraction of sp³-hybridized carbons (Fsp3) is 0.953. The highest BCUT2D eigenvalue weighted by Crippen LogP contribution is 2.45. The molecule has 19 heteroatoms. The number of hydrogen-bond acceptors (Lipinski definition) is 15. The molecule has 7 atom stereocenters. The van der Waals surface area contributed by atoms with Crippen LogP contribution in [0.4, 0.5) is 0 Å². The van der Waals surface area contributed by atoms with Crippen LogP contribution in [-0.4, -0.2) is 96.7 Å². The van der Waals surface area contributed by atoms with Crippen LogP contribution in [0.3, 0.4) is 0 Å². The van der Waals surface area contributed by atoms with Gasteiger partial charge >= 0.3 is 39.5 Å². The first-order valence-electron chi connectivity index (χ1n) is 44.4. The first-order valence-corrected chi connectivity index (χ1v) is 47.4. The molecular weight excluding hydrogens is 1370 g/mol. The van der Waals surface area contributed by atoms with Crippen molar-refractivity contribution in [3.8, 4) is 0 Å². The van der Waals surface area contributed by atoms with E-state index in [1.807, 2.05) is 0 Å². The molecule has 0 aromatic rings. The molecule has 17 nitrogen and oxygen atoms in total. The van der Waals surface area contributed by atoms with E-state index < -0.39 is 97.5 Å². The first kappa shape index (κ1) is 103. The highest BCUT2D eigenvalue weighted by atomic mass is 31.2. The van der Waals surface area contributed by atoms with Crippen LogP contribution in [0.5, 0.6) is 0 Å². The summed E-state index contributed by atoms with van der Waals surface area (Å²) in [6, 6.07) is 0. The molecule has 0 saturated carbocycles. The van der Waals surface area contributed by atoms with Gasteiger partial charge in [-0.15, -0.1) is 0 Å². The summed E-state index contributed by atoms with van der Waals surface area (Å²) in [6.45, 7) is 12.0. The molecule has 3 N–H and O–H groups in total. The molecule has 0 aliphatic rings. The lowest BCUT2D eigenvalue weighted by molar-refractivity contribution is -0.161. The number of aliphatic hydroxyl groups excluding tert-OH is 1. The molecule has 0 spiro atoms.